The highest BCUT2D eigenvalue weighted by Gasteiger charge is 2.36. The summed E-state index contributed by atoms with van der Waals surface area (Å²) in [7, 11) is 1.57. The van der Waals surface area contributed by atoms with Crippen LogP contribution in [0, 0.1) is 12.8 Å². The molecule has 0 saturated carbocycles. The van der Waals surface area contributed by atoms with Crippen molar-refractivity contribution in [2.75, 3.05) is 18.6 Å². The molecule has 1 heterocycles. The van der Waals surface area contributed by atoms with Crippen molar-refractivity contribution in [3.05, 3.63) is 53.1 Å². The molecule has 6 heteroatoms. The van der Waals surface area contributed by atoms with Gasteiger partial charge in [0, 0.05) is 23.7 Å². The Bertz CT molecular complexity index is 804. The van der Waals surface area contributed by atoms with Gasteiger partial charge in [-0.15, -0.1) is 0 Å². The lowest BCUT2D eigenvalue weighted by atomic mass is 10.1. The Morgan fingerprint density at radius 3 is 2.48 bits per heavy atom. The monoisotopic (exact) mass is 359 g/mol. The Morgan fingerprint density at radius 2 is 1.84 bits per heavy atom. The summed E-state index contributed by atoms with van der Waals surface area (Å²) in [6.45, 7) is 2.18. The average Bonchev–Trinajstić information content (AvgIpc) is 3.00. The first-order valence-corrected chi connectivity index (χ1v) is 8.28. The van der Waals surface area contributed by atoms with E-state index >= 15 is 0 Å². The second-order valence-electron chi connectivity index (χ2n) is 5.94. The minimum Gasteiger partial charge on any atom is -0.497 e. The van der Waals surface area contributed by atoms with Crippen molar-refractivity contribution in [2.24, 2.45) is 5.92 Å². The molecular weight excluding hydrogens is 342 g/mol. The van der Waals surface area contributed by atoms with Crippen LogP contribution in [0.1, 0.15) is 12.0 Å². The van der Waals surface area contributed by atoms with Gasteiger partial charge in [-0.2, -0.15) is 0 Å². The van der Waals surface area contributed by atoms with Gasteiger partial charge in [-0.3, -0.25) is 9.59 Å². The van der Waals surface area contributed by atoms with Gasteiger partial charge >= 0.3 is 5.97 Å². The zero-order chi connectivity index (χ0) is 18.0. The molecule has 0 unspecified atom stereocenters. The maximum Gasteiger partial charge on any atom is 0.316 e. The summed E-state index contributed by atoms with van der Waals surface area (Å²) in [4.78, 5) is 26.2. The molecule has 130 valence electrons. The Morgan fingerprint density at radius 1 is 1.16 bits per heavy atom. The number of aryl methyl sites for hydroxylation is 1. The molecule has 2 aromatic carbocycles. The smallest absolute Gasteiger partial charge is 0.316 e. The summed E-state index contributed by atoms with van der Waals surface area (Å²) in [5.41, 5.74) is 1.63. The summed E-state index contributed by atoms with van der Waals surface area (Å²) in [6, 6.07) is 12.2. The van der Waals surface area contributed by atoms with E-state index in [1.54, 1.807) is 42.3 Å². The van der Waals surface area contributed by atoms with Gasteiger partial charge in [0.25, 0.3) is 0 Å². The van der Waals surface area contributed by atoms with Gasteiger partial charge in [0.05, 0.1) is 13.0 Å². The lowest BCUT2D eigenvalue weighted by Gasteiger charge is -2.17. The van der Waals surface area contributed by atoms with E-state index in [4.69, 9.17) is 21.1 Å². The number of carbonyl (C=O) groups is 2. The molecule has 25 heavy (non-hydrogen) atoms. The topological polar surface area (TPSA) is 55.8 Å². The second-order valence-corrected chi connectivity index (χ2v) is 6.34. The van der Waals surface area contributed by atoms with E-state index in [1.165, 1.54) is 0 Å². The fourth-order valence-corrected chi connectivity index (χ4v) is 2.88. The van der Waals surface area contributed by atoms with Crippen LogP contribution in [0.4, 0.5) is 5.69 Å². The minimum absolute atomic E-state index is 0.114. The number of rotatable bonds is 4. The first-order chi connectivity index (χ1) is 12.0. The zero-order valence-corrected chi connectivity index (χ0v) is 14.7. The summed E-state index contributed by atoms with van der Waals surface area (Å²) >= 11 is 6.13. The number of hydrogen-bond acceptors (Lipinski definition) is 4. The van der Waals surface area contributed by atoms with Crippen LogP contribution in [-0.2, 0) is 9.59 Å². The Hall–Kier alpha value is -2.53. The number of anilines is 1. The Balaban J connectivity index is 1.68. The standard InChI is InChI=1S/C19H18ClNO4/c1-12-3-4-14(10-17(12)20)21-11-13(9-18(21)22)19(23)25-16-7-5-15(24-2)6-8-16/h3-8,10,13H,9,11H2,1-2H3/t13-/m0/s1. The molecule has 1 fully saturated rings. The predicted molar refractivity (Wildman–Crippen MR) is 95.3 cm³/mol. The van der Waals surface area contributed by atoms with E-state index in [1.807, 2.05) is 19.1 Å². The third-order valence-corrected chi connectivity index (χ3v) is 4.61. The van der Waals surface area contributed by atoms with Crippen molar-refractivity contribution in [1.82, 2.24) is 0 Å². The van der Waals surface area contributed by atoms with Crippen molar-refractivity contribution >= 4 is 29.2 Å². The molecule has 1 atom stereocenters. The van der Waals surface area contributed by atoms with Gasteiger partial charge in [0.1, 0.15) is 11.5 Å². The molecule has 0 spiro atoms. The van der Waals surface area contributed by atoms with Gasteiger partial charge in [-0.1, -0.05) is 17.7 Å². The summed E-state index contributed by atoms with van der Waals surface area (Å²) in [5.74, 6) is 0.0684. The van der Waals surface area contributed by atoms with Crippen molar-refractivity contribution in [3.63, 3.8) is 0 Å². The molecular formula is C19H18ClNO4. The second kappa shape index (κ2) is 7.15. The van der Waals surface area contributed by atoms with Gasteiger partial charge in [0.2, 0.25) is 5.91 Å². The van der Waals surface area contributed by atoms with E-state index in [9.17, 15) is 9.59 Å². The number of methoxy groups -OCH3 is 1. The highest BCUT2D eigenvalue weighted by atomic mass is 35.5. The van der Waals surface area contributed by atoms with Crippen LogP contribution in [0.2, 0.25) is 5.02 Å². The van der Waals surface area contributed by atoms with Crippen LogP contribution in [0.25, 0.3) is 0 Å². The number of esters is 1. The highest BCUT2D eigenvalue weighted by Crippen LogP contribution is 2.29. The van der Waals surface area contributed by atoms with Gasteiger partial charge < -0.3 is 14.4 Å². The van der Waals surface area contributed by atoms with E-state index < -0.39 is 11.9 Å². The predicted octanol–water partition coefficient (Wildman–Crippen LogP) is 3.62. The SMILES string of the molecule is COc1ccc(OC(=O)[C@H]2CC(=O)N(c3ccc(C)c(Cl)c3)C2)cc1. The number of nitrogens with zero attached hydrogens (tertiary/aromatic N) is 1. The van der Waals surface area contributed by atoms with E-state index in [0.29, 0.717) is 22.2 Å². The highest BCUT2D eigenvalue weighted by molar-refractivity contribution is 6.31. The van der Waals surface area contributed by atoms with Crippen molar-refractivity contribution < 1.29 is 19.1 Å². The van der Waals surface area contributed by atoms with Crippen LogP contribution in [0.5, 0.6) is 11.5 Å². The summed E-state index contributed by atoms with van der Waals surface area (Å²) in [6.07, 6.45) is 0.125. The fraction of sp³-hybridized carbons (Fsp3) is 0.263. The van der Waals surface area contributed by atoms with Crippen molar-refractivity contribution in [1.29, 1.82) is 0 Å². The van der Waals surface area contributed by atoms with Crippen molar-refractivity contribution in [2.45, 2.75) is 13.3 Å². The van der Waals surface area contributed by atoms with Gasteiger partial charge in [-0.05, 0) is 48.9 Å². The summed E-state index contributed by atoms with van der Waals surface area (Å²) in [5, 5.41) is 0.592. The van der Waals surface area contributed by atoms with Crippen LogP contribution >= 0.6 is 11.6 Å². The van der Waals surface area contributed by atoms with Crippen molar-refractivity contribution in [3.8, 4) is 11.5 Å². The molecule has 1 saturated heterocycles. The lowest BCUT2D eigenvalue weighted by Crippen LogP contribution is -2.27. The average molecular weight is 360 g/mol. The molecule has 0 N–H and O–H groups in total. The first kappa shape index (κ1) is 17.3. The molecule has 0 radical (unpaired) electrons. The molecule has 3 rings (SSSR count). The molecule has 2 aromatic rings. The number of ether oxygens (including phenoxy) is 2. The van der Waals surface area contributed by atoms with Crippen LogP contribution in [0.3, 0.4) is 0 Å². The molecule has 0 aromatic heterocycles. The van der Waals surface area contributed by atoms with E-state index in [0.717, 1.165) is 5.56 Å². The Kier molecular flexibility index (Phi) is 4.95. The molecule has 0 bridgehead atoms. The lowest BCUT2D eigenvalue weighted by molar-refractivity contribution is -0.139. The largest absolute Gasteiger partial charge is 0.497 e. The van der Waals surface area contributed by atoms with E-state index in [-0.39, 0.29) is 18.9 Å². The van der Waals surface area contributed by atoms with Crippen LogP contribution < -0.4 is 14.4 Å². The number of amides is 1. The maximum absolute atomic E-state index is 12.4. The van der Waals surface area contributed by atoms with Crippen LogP contribution in [-0.4, -0.2) is 25.5 Å². The number of hydrogen-bond donors (Lipinski definition) is 0. The first-order valence-electron chi connectivity index (χ1n) is 7.90. The summed E-state index contributed by atoms with van der Waals surface area (Å²) < 4.78 is 10.4. The maximum atomic E-state index is 12.4. The number of carbonyl (C=O) groups excluding carboxylic acids is 2. The molecule has 0 aliphatic carbocycles. The third kappa shape index (κ3) is 3.77. The molecule has 1 amide bonds. The zero-order valence-electron chi connectivity index (χ0n) is 14.0. The van der Waals surface area contributed by atoms with Gasteiger partial charge in [-0.25, -0.2) is 0 Å². The van der Waals surface area contributed by atoms with Crippen LogP contribution in [0.15, 0.2) is 42.5 Å². The molecule has 1 aliphatic heterocycles. The number of halogens is 1. The normalized spacial score (nSPS) is 16.8. The minimum atomic E-state index is -0.505. The van der Waals surface area contributed by atoms with Gasteiger partial charge in [0.15, 0.2) is 0 Å². The Labute approximate surface area is 151 Å². The number of benzene rings is 2. The van der Waals surface area contributed by atoms with E-state index in [2.05, 4.69) is 0 Å². The molecule has 5 nitrogen and oxygen atoms in total. The fourth-order valence-electron chi connectivity index (χ4n) is 2.71. The molecule has 1 aliphatic rings. The quantitative estimate of drug-likeness (QED) is 0.618. The third-order valence-electron chi connectivity index (χ3n) is 4.20.